The van der Waals surface area contributed by atoms with Gasteiger partial charge in [-0.2, -0.15) is 0 Å². The van der Waals surface area contributed by atoms with Crippen LogP contribution in [0.3, 0.4) is 0 Å². The summed E-state index contributed by atoms with van der Waals surface area (Å²) in [5, 5.41) is 10.5. The summed E-state index contributed by atoms with van der Waals surface area (Å²) in [4.78, 5) is 0. The number of hydrogen-bond acceptors (Lipinski definition) is 1. The number of hydrogen-bond donors (Lipinski definition) is 1. The van der Waals surface area contributed by atoms with E-state index >= 15 is 0 Å². The van der Waals surface area contributed by atoms with Gasteiger partial charge >= 0.3 is 0 Å². The molecule has 1 N–H and O–H groups in total. The van der Waals surface area contributed by atoms with E-state index < -0.39 is 23.6 Å². The molecule has 0 aliphatic rings. The van der Waals surface area contributed by atoms with Gasteiger partial charge in [-0.3, -0.25) is 0 Å². The molecule has 6 heteroatoms. The Balaban J connectivity index is 2.49. The van der Waals surface area contributed by atoms with Crippen LogP contribution < -0.4 is 0 Å². The topological polar surface area (TPSA) is 20.2 Å². The van der Waals surface area contributed by atoms with Gasteiger partial charge in [0.25, 0.3) is 0 Å². The molecule has 100 valence electrons. The minimum atomic E-state index is -1.43. The molecule has 0 aromatic heterocycles. The SMILES string of the molecule is OC(c1cc(F)c(F)cc1F)c1ccc(Cl)cc1Br. The second-order valence-electron chi connectivity index (χ2n) is 3.86. The molecule has 0 heterocycles. The highest BCUT2D eigenvalue weighted by molar-refractivity contribution is 9.10. The van der Waals surface area contributed by atoms with Crippen LogP contribution >= 0.6 is 27.5 Å². The van der Waals surface area contributed by atoms with E-state index in [1.165, 1.54) is 18.2 Å². The fraction of sp³-hybridized carbons (Fsp3) is 0.0769. The van der Waals surface area contributed by atoms with Crippen molar-refractivity contribution in [3.8, 4) is 0 Å². The third-order valence-corrected chi connectivity index (χ3v) is 3.51. The Morgan fingerprint density at radius 3 is 2.21 bits per heavy atom. The third-order valence-electron chi connectivity index (χ3n) is 2.59. The molecule has 2 rings (SSSR count). The van der Waals surface area contributed by atoms with Crippen molar-refractivity contribution < 1.29 is 18.3 Å². The summed E-state index contributed by atoms with van der Waals surface area (Å²) >= 11 is 8.92. The minimum absolute atomic E-state index is 0.300. The van der Waals surface area contributed by atoms with Crippen LogP contribution in [0.5, 0.6) is 0 Å². The second kappa shape index (κ2) is 5.53. The molecule has 0 amide bonds. The van der Waals surface area contributed by atoms with Crippen LogP contribution in [0.25, 0.3) is 0 Å². The standard InChI is InChI=1S/C13H7BrClF3O/c14-9-3-6(15)1-2-7(9)13(19)8-4-11(17)12(18)5-10(8)16/h1-5,13,19H. The fourth-order valence-electron chi connectivity index (χ4n) is 1.64. The minimum Gasteiger partial charge on any atom is -0.384 e. The maximum absolute atomic E-state index is 13.6. The lowest BCUT2D eigenvalue weighted by molar-refractivity contribution is 0.213. The van der Waals surface area contributed by atoms with Gasteiger partial charge in [0.1, 0.15) is 11.9 Å². The van der Waals surface area contributed by atoms with Crippen LogP contribution in [0, 0.1) is 17.5 Å². The van der Waals surface area contributed by atoms with Crippen molar-refractivity contribution in [2.75, 3.05) is 0 Å². The molecular weight excluding hydrogens is 344 g/mol. The van der Waals surface area contributed by atoms with Gasteiger partial charge in [0.15, 0.2) is 11.6 Å². The summed E-state index contributed by atoms with van der Waals surface area (Å²) in [7, 11) is 0. The second-order valence-corrected chi connectivity index (χ2v) is 5.15. The number of aliphatic hydroxyl groups excluding tert-OH is 1. The van der Waals surface area contributed by atoms with Gasteiger partial charge < -0.3 is 5.11 Å². The van der Waals surface area contributed by atoms with Crippen molar-refractivity contribution in [1.29, 1.82) is 0 Å². The highest BCUT2D eigenvalue weighted by Crippen LogP contribution is 2.32. The van der Waals surface area contributed by atoms with Gasteiger partial charge in [-0.05, 0) is 23.8 Å². The molecule has 1 nitrogen and oxygen atoms in total. The summed E-state index contributed by atoms with van der Waals surface area (Å²) in [5.74, 6) is -3.54. The van der Waals surface area contributed by atoms with Gasteiger partial charge in [0.2, 0.25) is 0 Å². The Labute approximate surface area is 120 Å². The van der Waals surface area contributed by atoms with E-state index in [1.54, 1.807) is 0 Å². The summed E-state index contributed by atoms with van der Waals surface area (Å²) < 4.78 is 40.0. The smallest absolute Gasteiger partial charge is 0.161 e. The maximum Gasteiger partial charge on any atom is 0.161 e. The van der Waals surface area contributed by atoms with Gasteiger partial charge in [-0.1, -0.05) is 33.6 Å². The van der Waals surface area contributed by atoms with E-state index in [4.69, 9.17) is 11.6 Å². The van der Waals surface area contributed by atoms with Crippen molar-refractivity contribution in [3.63, 3.8) is 0 Å². The Bertz CT molecular complexity index is 634. The molecule has 2 aromatic rings. The molecule has 0 aliphatic heterocycles. The van der Waals surface area contributed by atoms with Crippen molar-refractivity contribution in [3.05, 3.63) is 68.4 Å². The molecule has 0 aliphatic carbocycles. The monoisotopic (exact) mass is 350 g/mol. The first kappa shape index (κ1) is 14.4. The molecule has 0 fully saturated rings. The van der Waals surface area contributed by atoms with Crippen molar-refractivity contribution in [1.82, 2.24) is 0 Å². The quantitative estimate of drug-likeness (QED) is 0.784. The molecule has 0 saturated carbocycles. The first-order valence-corrected chi connectivity index (χ1v) is 6.34. The zero-order chi connectivity index (χ0) is 14.2. The average molecular weight is 352 g/mol. The largest absolute Gasteiger partial charge is 0.384 e. The van der Waals surface area contributed by atoms with Gasteiger partial charge in [0.05, 0.1) is 0 Å². The lowest BCUT2D eigenvalue weighted by Gasteiger charge is -2.14. The number of halogens is 5. The Morgan fingerprint density at radius 2 is 1.58 bits per heavy atom. The van der Waals surface area contributed by atoms with E-state index in [1.807, 2.05) is 0 Å². The molecule has 1 unspecified atom stereocenters. The lowest BCUT2D eigenvalue weighted by Crippen LogP contribution is -2.05. The molecule has 0 radical (unpaired) electrons. The number of aliphatic hydroxyl groups is 1. The lowest BCUT2D eigenvalue weighted by atomic mass is 10.0. The van der Waals surface area contributed by atoms with E-state index in [9.17, 15) is 18.3 Å². The van der Waals surface area contributed by atoms with E-state index in [0.717, 1.165) is 0 Å². The summed E-state index contributed by atoms with van der Waals surface area (Å²) in [5.41, 5.74) is -0.0452. The first-order chi connectivity index (χ1) is 8.90. The van der Waals surface area contributed by atoms with Crippen LogP contribution in [0.4, 0.5) is 13.2 Å². The van der Waals surface area contributed by atoms with Crippen LogP contribution in [0.1, 0.15) is 17.2 Å². The summed E-state index contributed by atoms with van der Waals surface area (Å²) in [6.45, 7) is 0. The van der Waals surface area contributed by atoms with Crippen LogP contribution in [0.2, 0.25) is 5.02 Å². The molecule has 0 spiro atoms. The average Bonchev–Trinajstić information content (AvgIpc) is 2.33. The highest BCUT2D eigenvalue weighted by Gasteiger charge is 2.20. The predicted octanol–water partition coefficient (Wildman–Crippen LogP) is 4.60. The van der Waals surface area contributed by atoms with Gasteiger partial charge in [-0.25, -0.2) is 13.2 Å². The number of benzene rings is 2. The van der Waals surface area contributed by atoms with Crippen molar-refractivity contribution in [2.24, 2.45) is 0 Å². The zero-order valence-electron chi connectivity index (χ0n) is 9.30. The molecular formula is C13H7BrClF3O. The highest BCUT2D eigenvalue weighted by atomic mass is 79.9. The summed E-state index contributed by atoms with van der Waals surface area (Å²) in [6.07, 6.45) is -1.43. The van der Waals surface area contributed by atoms with Crippen LogP contribution in [-0.4, -0.2) is 5.11 Å². The Kier molecular flexibility index (Phi) is 4.18. The van der Waals surface area contributed by atoms with Gasteiger partial charge in [0, 0.05) is 21.1 Å². The summed E-state index contributed by atoms with van der Waals surface area (Å²) in [6, 6.07) is 5.52. The predicted molar refractivity (Wildman–Crippen MR) is 69.5 cm³/mol. The van der Waals surface area contributed by atoms with Crippen LogP contribution in [-0.2, 0) is 0 Å². The number of rotatable bonds is 2. The van der Waals surface area contributed by atoms with E-state index in [-0.39, 0.29) is 5.56 Å². The van der Waals surface area contributed by atoms with E-state index in [2.05, 4.69) is 15.9 Å². The fourth-order valence-corrected chi connectivity index (χ4v) is 2.54. The van der Waals surface area contributed by atoms with Crippen LogP contribution in [0.15, 0.2) is 34.8 Å². The van der Waals surface area contributed by atoms with E-state index in [0.29, 0.717) is 27.2 Å². The Morgan fingerprint density at radius 1 is 0.947 bits per heavy atom. The van der Waals surface area contributed by atoms with Gasteiger partial charge in [-0.15, -0.1) is 0 Å². The maximum atomic E-state index is 13.6. The normalized spacial score (nSPS) is 12.5. The molecule has 2 aromatic carbocycles. The molecule has 0 bridgehead atoms. The first-order valence-electron chi connectivity index (χ1n) is 5.17. The third kappa shape index (κ3) is 2.94. The molecule has 19 heavy (non-hydrogen) atoms. The Hall–Kier alpha value is -1.04. The molecule has 0 saturated heterocycles. The zero-order valence-corrected chi connectivity index (χ0v) is 11.6. The van der Waals surface area contributed by atoms with Crippen molar-refractivity contribution in [2.45, 2.75) is 6.10 Å². The molecule has 1 atom stereocenters. The van der Waals surface area contributed by atoms with Crippen molar-refractivity contribution >= 4 is 27.5 Å².